The van der Waals surface area contributed by atoms with Gasteiger partial charge in [-0.3, -0.25) is 14.6 Å². The van der Waals surface area contributed by atoms with Crippen LogP contribution < -0.4 is 15.8 Å². The van der Waals surface area contributed by atoms with Gasteiger partial charge in [0.15, 0.2) is 6.10 Å². The zero-order chi connectivity index (χ0) is 17.8. The van der Waals surface area contributed by atoms with Crippen molar-refractivity contribution in [3.05, 3.63) is 58.0 Å². The summed E-state index contributed by atoms with van der Waals surface area (Å²) >= 11 is 0. The van der Waals surface area contributed by atoms with E-state index in [9.17, 15) is 9.59 Å². The van der Waals surface area contributed by atoms with Crippen molar-refractivity contribution < 1.29 is 9.53 Å². The molecule has 1 aromatic carbocycles. The normalized spacial score (nSPS) is 18.2. The van der Waals surface area contributed by atoms with Gasteiger partial charge < -0.3 is 15.0 Å². The number of H-pyrrole nitrogens is 1. The fourth-order valence-electron chi connectivity index (χ4n) is 3.08. The van der Waals surface area contributed by atoms with Crippen LogP contribution >= 0.6 is 0 Å². The van der Waals surface area contributed by atoms with Crippen molar-refractivity contribution in [3.63, 3.8) is 0 Å². The lowest BCUT2D eigenvalue weighted by molar-refractivity contribution is -0.132. The summed E-state index contributed by atoms with van der Waals surface area (Å²) in [6, 6.07) is 10.9. The summed E-state index contributed by atoms with van der Waals surface area (Å²) in [5.41, 5.74) is 1.33. The van der Waals surface area contributed by atoms with Gasteiger partial charge in [0.2, 0.25) is 5.95 Å². The molecule has 1 unspecified atom stereocenters. The van der Waals surface area contributed by atoms with Crippen molar-refractivity contribution in [1.82, 2.24) is 15.3 Å². The fourth-order valence-corrected chi connectivity index (χ4v) is 3.08. The summed E-state index contributed by atoms with van der Waals surface area (Å²) in [5, 5.41) is 3.03. The van der Waals surface area contributed by atoms with Crippen molar-refractivity contribution in [2.24, 2.45) is 0 Å². The quantitative estimate of drug-likeness (QED) is 0.851. The van der Waals surface area contributed by atoms with Crippen LogP contribution in [0.2, 0.25) is 0 Å². The molecule has 1 aromatic heterocycles. The molecule has 132 valence electrons. The number of nitrogens with zero attached hydrogens (tertiary/aromatic N) is 2. The van der Waals surface area contributed by atoms with E-state index in [1.54, 1.807) is 6.92 Å². The summed E-state index contributed by atoms with van der Waals surface area (Å²) in [4.78, 5) is 33.2. The molecule has 3 rings (SSSR count). The Morgan fingerprint density at radius 2 is 2.16 bits per heavy atom. The minimum absolute atomic E-state index is 0.0142. The number of benzene rings is 1. The zero-order valence-corrected chi connectivity index (χ0v) is 14.4. The molecule has 0 saturated carbocycles. The molecule has 0 spiro atoms. The van der Waals surface area contributed by atoms with Crippen LogP contribution in [0.5, 0.6) is 0 Å². The van der Waals surface area contributed by atoms with Crippen LogP contribution in [0.25, 0.3) is 0 Å². The Labute approximate surface area is 146 Å². The fraction of sp³-hybridized carbons (Fsp3) is 0.389. The number of hydrogen-bond acceptors (Lipinski definition) is 5. The van der Waals surface area contributed by atoms with Crippen LogP contribution in [0.15, 0.2) is 41.2 Å². The molecule has 1 aliphatic rings. The van der Waals surface area contributed by atoms with E-state index in [1.807, 2.05) is 35.2 Å². The van der Waals surface area contributed by atoms with E-state index in [2.05, 4.69) is 15.3 Å². The molecular weight excluding hydrogens is 320 g/mol. The van der Waals surface area contributed by atoms with Crippen molar-refractivity contribution >= 4 is 11.9 Å². The molecule has 1 saturated heterocycles. The number of anilines is 1. The number of hydrogen-bond donors (Lipinski definition) is 2. The minimum Gasteiger partial charge on any atom is -0.367 e. The van der Waals surface area contributed by atoms with Crippen molar-refractivity contribution in [2.75, 3.05) is 25.1 Å². The molecule has 2 atom stereocenters. The van der Waals surface area contributed by atoms with Crippen molar-refractivity contribution in [1.29, 1.82) is 0 Å². The molecule has 2 heterocycles. The Bertz CT molecular complexity index is 790. The van der Waals surface area contributed by atoms with Crippen LogP contribution in [-0.4, -0.2) is 42.1 Å². The lowest BCUT2D eigenvalue weighted by Gasteiger charge is -2.20. The summed E-state index contributed by atoms with van der Waals surface area (Å²) < 4.78 is 5.37. The molecule has 25 heavy (non-hydrogen) atoms. The molecule has 1 amide bonds. The van der Waals surface area contributed by atoms with Crippen molar-refractivity contribution in [3.8, 4) is 0 Å². The first kappa shape index (κ1) is 17.2. The third-order valence-corrected chi connectivity index (χ3v) is 4.27. The maximum atomic E-state index is 12.6. The van der Waals surface area contributed by atoms with E-state index in [4.69, 9.17) is 4.74 Å². The molecule has 7 nitrogen and oxygen atoms in total. The van der Waals surface area contributed by atoms with E-state index in [0.717, 1.165) is 18.5 Å². The average Bonchev–Trinajstić information content (AvgIpc) is 3.04. The highest BCUT2D eigenvalue weighted by Gasteiger charge is 2.28. The second-order valence-electron chi connectivity index (χ2n) is 6.18. The maximum absolute atomic E-state index is 12.6. The molecule has 1 aliphatic heterocycles. The third-order valence-electron chi connectivity index (χ3n) is 4.27. The molecule has 2 aromatic rings. The minimum atomic E-state index is -0.632. The molecular formula is C18H22N4O3. The number of rotatable bonds is 5. The Balaban J connectivity index is 1.64. The summed E-state index contributed by atoms with van der Waals surface area (Å²) in [6.07, 6.45) is 0.154. The summed E-state index contributed by atoms with van der Waals surface area (Å²) in [6.45, 7) is 3.11. The number of aromatic nitrogens is 2. The number of aryl methyl sites for hydroxylation is 1. The van der Waals surface area contributed by atoms with E-state index in [0.29, 0.717) is 18.2 Å². The van der Waals surface area contributed by atoms with Gasteiger partial charge in [0.1, 0.15) is 0 Å². The SMILES string of the molecule is CO[C@@H](C(=O)NC1CCN(c2nc(C)cc(=O)[nH]2)C1)c1ccccc1. The summed E-state index contributed by atoms with van der Waals surface area (Å²) in [5.74, 6) is 0.388. The maximum Gasteiger partial charge on any atom is 0.254 e. The van der Waals surface area contributed by atoms with Gasteiger partial charge in [-0.2, -0.15) is 0 Å². The smallest absolute Gasteiger partial charge is 0.254 e. The number of carbonyl (C=O) groups excluding carboxylic acids is 1. The predicted molar refractivity (Wildman–Crippen MR) is 94.5 cm³/mol. The molecule has 2 N–H and O–H groups in total. The first-order valence-electron chi connectivity index (χ1n) is 8.28. The lowest BCUT2D eigenvalue weighted by Crippen LogP contribution is -2.40. The van der Waals surface area contributed by atoms with E-state index >= 15 is 0 Å². The van der Waals surface area contributed by atoms with Crippen LogP contribution in [0.4, 0.5) is 5.95 Å². The molecule has 1 fully saturated rings. The second-order valence-corrected chi connectivity index (χ2v) is 6.18. The molecule has 0 radical (unpaired) electrons. The summed E-state index contributed by atoms with van der Waals surface area (Å²) in [7, 11) is 1.53. The van der Waals surface area contributed by atoms with Crippen LogP contribution in [0.3, 0.4) is 0 Å². The topological polar surface area (TPSA) is 87.3 Å². The standard InChI is InChI=1S/C18H22N4O3/c1-12-10-15(23)21-18(19-12)22-9-8-14(11-22)20-17(24)16(25-2)13-6-4-3-5-7-13/h3-7,10,14,16H,8-9,11H2,1-2H3,(H,20,24)(H,19,21,23)/t14?,16-/m1/s1. The van der Waals surface area contributed by atoms with Gasteiger partial charge in [-0.05, 0) is 18.9 Å². The first-order chi connectivity index (χ1) is 12.1. The molecule has 0 aliphatic carbocycles. The largest absolute Gasteiger partial charge is 0.367 e. The van der Waals surface area contributed by atoms with E-state index in [1.165, 1.54) is 13.2 Å². The Morgan fingerprint density at radius 1 is 1.40 bits per heavy atom. The van der Waals surface area contributed by atoms with Crippen LogP contribution in [0.1, 0.15) is 23.8 Å². The highest BCUT2D eigenvalue weighted by molar-refractivity contribution is 5.82. The van der Waals surface area contributed by atoms with Gasteiger partial charge in [-0.25, -0.2) is 4.98 Å². The molecule has 0 bridgehead atoms. The van der Waals surface area contributed by atoms with Gasteiger partial charge >= 0.3 is 0 Å². The van der Waals surface area contributed by atoms with Gasteiger partial charge in [-0.1, -0.05) is 30.3 Å². The van der Waals surface area contributed by atoms with Gasteiger partial charge in [0.05, 0.1) is 0 Å². The number of amides is 1. The number of ether oxygens (including phenoxy) is 1. The average molecular weight is 342 g/mol. The highest BCUT2D eigenvalue weighted by atomic mass is 16.5. The number of carbonyl (C=O) groups is 1. The zero-order valence-electron chi connectivity index (χ0n) is 14.4. The van der Waals surface area contributed by atoms with Crippen molar-refractivity contribution in [2.45, 2.75) is 25.5 Å². The monoisotopic (exact) mass is 342 g/mol. The number of nitrogens with one attached hydrogen (secondary N) is 2. The molecule has 7 heteroatoms. The lowest BCUT2D eigenvalue weighted by atomic mass is 10.1. The van der Waals surface area contributed by atoms with Gasteiger partial charge in [-0.15, -0.1) is 0 Å². The Morgan fingerprint density at radius 3 is 2.84 bits per heavy atom. The third kappa shape index (κ3) is 4.06. The van der Waals surface area contributed by atoms with Crippen LogP contribution in [0, 0.1) is 6.92 Å². The first-order valence-corrected chi connectivity index (χ1v) is 8.28. The predicted octanol–water partition coefficient (Wildman–Crippen LogP) is 1.16. The highest BCUT2D eigenvalue weighted by Crippen LogP contribution is 2.19. The van der Waals surface area contributed by atoms with Crippen LogP contribution in [-0.2, 0) is 9.53 Å². The van der Waals surface area contributed by atoms with E-state index < -0.39 is 6.10 Å². The van der Waals surface area contributed by atoms with E-state index in [-0.39, 0.29) is 17.5 Å². The Kier molecular flexibility index (Phi) is 5.14. The number of aromatic amines is 1. The van der Waals surface area contributed by atoms with Gasteiger partial charge in [0.25, 0.3) is 11.5 Å². The number of methoxy groups -OCH3 is 1. The Hall–Kier alpha value is -2.67. The second kappa shape index (κ2) is 7.48. The van der Waals surface area contributed by atoms with Gasteiger partial charge in [0, 0.05) is 38.0 Å².